The average molecular weight is 386 g/mol. The summed E-state index contributed by atoms with van der Waals surface area (Å²) in [7, 11) is 3.27. The molecule has 1 aliphatic heterocycles. The first kappa shape index (κ1) is 18.1. The number of rotatable bonds is 6. The van der Waals surface area contributed by atoms with Gasteiger partial charge in [0.25, 0.3) is 0 Å². The molecule has 1 atom stereocenters. The maximum atomic E-state index is 12.2. The Hall–Kier alpha value is -1.27. The van der Waals surface area contributed by atoms with Crippen LogP contribution in [0.4, 0.5) is 0 Å². The lowest BCUT2D eigenvalue weighted by Gasteiger charge is -2.34. The number of esters is 1. The molecule has 1 heterocycles. The monoisotopic (exact) mass is 385 g/mol. The molecule has 128 valence electrons. The fourth-order valence-corrected chi connectivity index (χ4v) is 3.50. The summed E-state index contributed by atoms with van der Waals surface area (Å²) in [5, 5.41) is 0. The largest absolute Gasteiger partial charge is 0.496 e. The Kier molecular flexibility index (Phi) is 6.72. The van der Waals surface area contributed by atoms with Crippen molar-refractivity contribution >= 4 is 21.9 Å². The van der Waals surface area contributed by atoms with Crippen molar-refractivity contribution in [3.05, 3.63) is 22.2 Å². The molecule has 1 saturated heterocycles. The van der Waals surface area contributed by atoms with Gasteiger partial charge in [0.2, 0.25) is 0 Å². The first-order valence-corrected chi connectivity index (χ1v) is 8.71. The third-order valence-corrected chi connectivity index (χ3v) is 4.72. The van der Waals surface area contributed by atoms with E-state index in [1.54, 1.807) is 14.2 Å². The van der Waals surface area contributed by atoms with Crippen LogP contribution < -0.4 is 9.47 Å². The summed E-state index contributed by atoms with van der Waals surface area (Å²) >= 11 is 3.51. The van der Waals surface area contributed by atoms with Crippen molar-refractivity contribution < 1.29 is 19.0 Å². The van der Waals surface area contributed by atoms with Gasteiger partial charge in [-0.15, -0.1) is 0 Å². The second-order valence-electron chi connectivity index (χ2n) is 5.53. The first-order valence-electron chi connectivity index (χ1n) is 7.91. The van der Waals surface area contributed by atoms with E-state index in [-0.39, 0.29) is 12.0 Å². The fraction of sp³-hybridized carbons (Fsp3) is 0.588. The van der Waals surface area contributed by atoms with Crippen LogP contribution in [0.2, 0.25) is 0 Å². The second-order valence-corrected chi connectivity index (χ2v) is 6.39. The first-order chi connectivity index (χ1) is 11.1. The van der Waals surface area contributed by atoms with Crippen LogP contribution >= 0.6 is 15.9 Å². The van der Waals surface area contributed by atoms with Crippen LogP contribution in [0.5, 0.6) is 11.5 Å². The Bertz CT molecular complexity index is 550. The van der Waals surface area contributed by atoms with Crippen molar-refractivity contribution in [1.29, 1.82) is 0 Å². The topological polar surface area (TPSA) is 48.0 Å². The number of benzene rings is 1. The normalized spacial score (nSPS) is 18.5. The molecule has 0 saturated carbocycles. The molecule has 6 heteroatoms. The maximum absolute atomic E-state index is 12.2. The van der Waals surface area contributed by atoms with E-state index >= 15 is 0 Å². The lowest BCUT2D eigenvalue weighted by Crippen LogP contribution is -2.45. The van der Waals surface area contributed by atoms with E-state index in [2.05, 4.69) is 20.8 Å². The van der Waals surface area contributed by atoms with Crippen LogP contribution in [0.25, 0.3) is 0 Å². The zero-order valence-electron chi connectivity index (χ0n) is 13.9. The molecule has 1 aromatic carbocycles. The van der Waals surface area contributed by atoms with E-state index in [9.17, 15) is 4.79 Å². The molecule has 0 aliphatic carbocycles. The molecular weight excluding hydrogens is 362 g/mol. The Morgan fingerprint density at radius 3 is 2.65 bits per heavy atom. The summed E-state index contributed by atoms with van der Waals surface area (Å²) in [6, 6.07) is 3.69. The number of piperidine rings is 1. The molecule has 0 N–H and O–H groups in total. The van der Waals surface area contributed by atoms with Gasteiger partial charge in [-0.05, 0) is 48.3 Å². The van der Waals surface area contributed by atoms with E-state index in [0.29, 0.717) is 13.2 Å². The molecule has 0 amide bonds. The van der Waals surface area contributed by atoms with Gasteiger partial charge in [-0.25, -0.2) is 0 Å². The van der Waals surface area contributed by atoms with Gasteiger partial charge in [-0.2, -0.15) is 0 Å². The molecule has 0 bridgehead atoms. The van der Waals surface area contributed by atoms with Crippen LogP contribution in [-0.4, -0.2) is 44.3 Å². The number of hydrogen-bond donors (Lipinski definition) is 0. The standard InChI is InChI=1S/C17H24BrNO4/c1-4-23-17(20)14-7-5-6-8-19(14)11-12-9-13(18)16(22-3)10-15(12)21-2/h9-10,14H,4-8,11H2,1-3H3/t14-/m1/s1. The number of carbonyl (C=O) groups excluding carboxylic acids is 1. The van der Waals surface area contributed by atoms with Gasteiger partial charge in [0, 0.05) is 18.2 Å². The highest BCUT2D eigenvalue weighted by Crippen LogP contribution is 2.34. The Morgan fingerprint density at radius 1 is 1.26 bits per heavy atom. The van der Waals surface area contributed by atoms with Crippen molar-refractivity contribution in [3.63, 3.8) is 0 Å². The number of likely N-dealkylation sites (tertiary alicyclic amines) is 1. The van der Waals surface area contributed by atoms with Crippen molar-refractivity contribution in [2.75, 3.05) is 27.4 Å². The van der Waals surface area contributed by atoms with Crippen LogP contribution in [0, 0.1) is 0 Å². The predicted molar refractivity (Wildman–Crippen MR) is 91.9 cm³/mol. The van der Waals surface area contributed by atoms with Gasteiger partial charge in [0.15, 0.2) is 0 Å². The summed E-state index contributed by atoms with van der Waals surface area (Å²) < 4.78 is 16.9. The van der Waals surface area contributed by atoms with Gasteiger partial charge in [-0.3, -0.25) is 9.69 Å². The van der Waals surface area contributed by atoms with Gasteiger partial charge < -0.3 is 14.2 Å². The Morgan fingerprint density at radius 2 is 2.00 bits per heavy atom. The highest BCUT2D eigenvalue weighted by atomic mass is 79.9. The minimum absolute atomic E-state index is 0.126. The van der Waals surface area contributed by atoms with E-state index in [4.69, 9.17) is 14.2 Å². The van der Waals surface area contributed by atoms with Crippen molar-refractivity contribution in [3.8, 4) is 11.5 Å². The van der Waals surface area contributed by atoms with Gasteiger partial charge >= 0.3 is 5.97 Å². The molecule has 1 aromatic rings. The summed E-state index contributed by atoms with van der Waals surface area (Å²) in [6.07, 6.45) is 3.00. The number of halogens is 1. The number of methoxy groups -OCH3 is 2. The average Bonchev–Trinajstić information content (AvgIpc) is 2.56. The smallest absolute Gasteiger partial charge is 0.323 e. The van der Waals surface area contributed by atoms with Crippen LogP contribution in [0.15, 0.2) is 16.6 Å². The number of ether oxygens (including phenoxy) is 3. The molecule has 23 heavy (non-hydrogen) atoms. The van der Waals surface area contributed by atoms with Crippen LogP contribution in [0.1, 0.15) is 31.7 Å². The number of carbonyl (C=O) groups is 1. The van der Waals surface area contributed by atoms with Crippen molar-refractivity contribution in [2.45, 2.75) is 38.8 Å². The quantitative estimate of drug-likeness (QED) is 0.702. The number of hydrogen-bond acceptors (Lipinski definition) is 5. The molecule has 0 radical (unpaired) electrons. The van der Waals surface area contributed by atoms with E-state index in [1.807, 2.05) is 19.1 Å². The zero-order chi connectivity index (χ0) is 16.8. The summed E-state index contributed by atoms with van der Waals surface area (Å²) in [5.74, 6) is 1.36. The Labute approximate surface area is 146 Å². The number of nitrogens with zero attached hydrogens (tertiary/aromatic N) is 1. The summed E-state index contributed by atoms with van der Waals surface area (Å²) in [5.41, 5.74) is 1.02. The highest BCUT2D eigenvalue weighted by molar-refractivity contribution is 9.10. The van der Waals surface area contributed by atoms with Gasteiger partial charge in [0.05, 0.1) is 25.3 Å². The lowest BCUT2D eigenvalue weighted by molar-refractivity contribution is -0.151. The molecule has 0 aromatic heterocycles. The van der Waals surface area contributed by atoms with Gasteiger partial charge in [0.1, 0.15) is 17.5 Å². The predicted octanol–water partition coefficient (Wildman–Crippen LogP) is 3.38. The van der Waals surface area contributed by atoms with Crippen molar-refractivity contribution in [2.24, 2.45) is 0 Å². The van der Waals surface area contributed by atoms with Crippen LogP contribution in [-0.2, 0) is 16.1 Å². The Balaban J connectivity index is 2.21. The molecule has 5 nitrogen and oxygen atoms in total. The minimum atomic E-state index is -0.172. The SMILES string of the molecule is CCOC(=O)[C@H]1CCCCN1Cc1cc(Br)c(OC)cc1OC. The third-order valence-electron chi connectivity index (χ3n) is 4.10. The minimum Gasteiger partial charge on any atom is -0.496 e. The molecule has 0 spiro atoms. The summed E-state index contributed by atoms with van der Waals surface area (Å²) in [4.78, 5) is 14.4. The third kappa shape index (κ3) is 4.38. The van der Waals surface area contributed by atoms with E-state index in [0.717, 1.165) is 47.3 Å². The van der Waals surface area contributed by atoms with Gasteiger partial charge in [-0.1, -0.05) is 6.42 Å². The fourth-order valence-electron chi connectivity index (χ4n) is 2.95. The second kappa shape index (κ2) is 8.55. The van der Waals surface area contributed by atoms with E-state index in [1.165, 1.54) is 0 Å². The molecule has 2 rings (SSSR count). The molecule has 1 fully saturated rings. The molecule has 0 unspecified atom stereocenters. The lowest BCUT2D eigenvalue weighted by atomic mass is 10.0. The molecule has 1 aliphatic rings. The maximum Gasteiger partial charge on any atom is 0.323 e. The van der Waals surface area contributed by atoms with E-state index < -0.39 is 0 Å². The molecular formula is C17H24BrNO4. The highest BCUT2D eigenvalue weighted by Gasteiger charge is 2.30. The summed E-state index contributed by atoms with van der Waals surface area (Å²) in [6.45, 7) is 3.79. The zero-order valence-corrected chi connectivity index (χ0v) is 15.5. The van der Waals surface area contributed by atoms with Crippen molar-refractivity contribution in [1.82, 2.24) is 4.90 Å². The van der Waals surface area contributed by atoms with Crippen LogP contribution in [0.3, 0.4) is 0 Å².